The van der Waals surface area contributed by atoms with Crippen LogP contribution in [0.15, 0.2) is 0 Å². The number of amides is 1. The molecule has 0 aromatic carbocycles. The molecular formula is C17H31NO3. The normalized spacial score (nSPS) is 22.0. The van der Waals surface area contributed by atoms with Crippen LogP contribution in [0.5, 0.6) is 0 Å². The van der Waals surface area contributed by atoms with Crippen molar-refractivity contribution in [3.05, 3.63) is 0 Å². The fourth-order valence-corrected chi connectivity index (χ4v) is 2.95. The van der Waals surface area contributed by atoms with Gasteiger partial charge in [0, 0.05) is 13.1 Å². The Labute approximate surface area is 128 Å². The van der Waals surface area contributed by atoms with Crippen LogP contribution in [0.25, 0.3) is 0 Å². The summed E-state index contributed by atoms with van der Waals surface area (Å²) in [5.41, 5.74) is 0. The van der Waals surface area contributed by atoms with Gasteiger partial charge in [-0.3, -0.25) is 9.59 Å². The van der Waals surface area contributed by atoms with E-state index < -0.39 is 11.9 Å². The summed E-state index contributed by atoms with van der Waals surface area (Å²) >= 11 is 0. The van der Waals surface area contributed by atoms with Gasteiger partial charge in [0.25, 0.3) is 0 Å². The second kappa shape index (κ2) is 8.40. The SMILES string of the molecule is CC(C)CCN(CCC(C)C)C(=O)C1CCCC1C(=O)O. The van der Waals surface area contributed by atoms with Crippen molar-refractivity contribution in [3.8, 4) is 0 Å². The summed E-state index contributed by atoms with van der Waals surface area (Å²) in [6.45, 7) is 10.1. The van der Waals surface area contributed by atoms with Crippen LogP contribution in [0.2, 0.25) is 0 Å². The maximum atomic E-state index is 12.7. The Hall–Kier alpha value is -1.06. The summed E-state index contributed by atoms with van der Waals surface area (Å²) in [7, 11) is 0. The van der Waals surface area contributed by atoms with Gasteiger partial charge < -0.3 is 10.0 Å². The van der Waals surface area contributed by atoms with E-state index in [0.29, 0.717) is 18.3 Å². The molecule has 1 aliphatic carbocycles. The van der Waals surface area contributed by atoms with Crippen molar-refractivity contribution in [1.29, 1.82) is 0 Å². The van der Waals surface area contributed by atoms with Crippen molar-refractivity contribution in [3.63, 3.8) is 0 Å². The Kier molecular flexibility index (Phi) is 7.20. The number of aliphatic carboxylic acids is 1. The van der Waals surface area contributed by atoms with E-state index in [1.807, 2.05) is 4.90 Å². The van der Waals surface area contributed by atoms with Gasteiger partial charge in [-0.05, 0) is 37.5 Å². The maximum Gasteiger partial charge on any atom is 0.307 e. The summed E-state index contributed by atoms with van der Waals surface area (Å²) in [5, 5.41) is 9.28. The predicted octanol–water partition coefficient (Wildman–Crippen LogP) is 3.41. The van der Waals surface area contributed by atoms with Crippen molar-refractivity contribution in [1.82, 2.24) is 4.90 Å². The predicted molar refractivity (Wildman–Crippen MR) is 84.0 cm³/mol. The van der Waals surface area contributed by atoms with E-state index >= 15 is 0 Å². The minimum absolute atomic E-state index is 0.0706. The molecule has 1 N–H and O–H groups in total. The molecule has 4 nitrogen and oxygen atoms in total. The first-order chi connectivity index (χ1) is 9.82. The third-order valence-corrected chi connectivity index (χ3v) is 4.41. The molecule has 21 heavy (non-hydrogen) atoms. The van der Waals surface area contributed by atoms with Gasteiger partial charge in [-0.15, -0.1) is 0 Å². The highest BCUT2D eigenvalue weighted by Gasteiger charge is 2.39. The van der Waals surface area contributed by atoms with Crippen LogP contribution < -0.4 is 0 Å². The van der Waals surface area contributed by atoms with Crippen molar-refractivity contribution in [2.24, 2.45) is 23.7 Å². The van der Waals surface area contributed by atoms with Gasteiger partial charge in [-0.25, -0.2) is 0 Å². The number of carbonyl (C=O) groups is 2. The number of carboxylic acid groups (broad SMARTS) is 1. The molecular weight excluding hydrogens is 266 g/mol. The number of hydrogen-bond donors (Lipinski definition) is 1. The number of nitrogens with zero attached hydrogens (tertiary/aromatic N) is 1. The van der Waals surface area contributed by atoms with Crippen LogP contribution in [-0.4, -0.2) is 35.0 Å². The number of hydrogen-bond acceptors (Lipinski definition) is 2. The lowest BCUT2D eigenvalue weighted by atomic mass is 9.94. The number of carbonyl (C=O) groups excluding carboxylic acids is 1. The summed E-state index contributed by atoms with van der Waals surface area (Å²) in [6.07, 6.45) is 4.20. The summed E-state index contributed by atoms with van der Waals surface area (Å²) in [4.78, 5) is 26.0. The van der Waals surface area contributed by atoms with Crippen LogP contribution >= 0.6 is 0 Å². The van der Waals surface area contributed by atoms with Gasteiger partial charge in [0.15, 0.2) is 0 Å². The number of rotatable bonds is 8. The third kappa shape index (κ3) is 5.68. The van der Waals surface area contributed by atoms with Crippen LogP contribution in [-0.2, 0) is 9.59 Å². The molecule has 0 heterocycles. The molecule has 1 amide bonds. The zero-order valence-electron chi connectivity index (χ0n) is 14.0. The summed E-state index contributed by atoms with van der Waals surface area (Å²) in [5.74, 6) is -0.406. The van der Waals surface area contributed by atoms with Gasteiger partial charge >= 0.3 is 5.97 Å². The van der Waals surface area contributed by atoms with Gasteiger partial charge in [0.2, 0.25) is 5.91 Å². The van der Waals surface area contributed by atoms with Crippen molar-refractivity contribution in [2.75, 3.05) is 13.1 Å². The van der Waals surface area contributed by atoms with Crippen LogP contribution in [0.4, 0.5) is 0 Å². The Morgan fingerprint density at radius 2 is 1.48 bits per heavy atom. The smallest absolute Gasteiger partial charge is 0.307 e. The molecule has 0 aromatic heterocycles. The van der Waals surface area contributed by atoms with Crippen LogP contribution in [0.1, 0.15) is 59.8 Å². The van der Waals surface area contributed by atoms with E-state index in [9.17, 15) is 14.7 Å². The minimum Gasteiger partial charge on any atom is -0.481 e. The molecule has 1 fully saturated rings. The fourth-order valence-electron chi connectivity index (χ4n) is 2.95. The van der Waals surface area contributed by atoms with Gasteiger partial charge in [0.05, 0.1) is 11.8 Å². The zero-order valence-corrected chi connectivity index (χ0v) is 14.0. The Morgan fingerprint density at radius 3 is 1.90 bits per heavy atom. The molecule has 0 radical (unpaired) electrons. The monoisotopic (exact) mass is 297 g/mol. The lowest BCUT2D eigenvalue weighted by molar-refractivity contribution is -0.149. The third-order valence-electron chi connectivity index (χ3n) is 4.41. The molecule has 2 unspecified atom stereocenters. The maximum absolute atomic E-state index is 12.7. The van der Waals surface area contributed by atoms with E-state index in [1.54, 1.807) is 0 Å². The lowest BCUT2D eigenvalue weighted by Gasteiger charge is -2.28. The Balaban J connectivity index is 2.70. The standard InChI is InChI=1S/C17H31NO3/c1-12(2)8-10-18(11-9-13(3)4)16(19)14-6-5-7-15(14)17(20)21/h12-15H,5-11H2,1-4H3,(H,20,21). The Bertz CT molecular complexity index is 340. The van der Waals surface area contributed by atoms with Crippen molar-refractivity contribution >= 4 is 11.9 Å². The molecule has 0 spiro atoms. The minimum atomic E-state index is -0.807. The molecule has 0 saturated heterocycles. The molecule has 2 atom stereocenters. The summed E-state index contributed by atoms with van der Waals surface area (Å²) in [6, 6.07) is 0. The lowest BCUT2D eigenvalue weighted by Crippen LogP contribution is -2.41. The van der Waals surface area contributed by atoms with Crippen LogP contribution in [0.3, 0.4) is 0 Å². The first-order valence-electron chi connectivity index (χ1n) is 8.34. The summed E-state index contributed by atoms with van der Waals surface area (Å²) < 4.78 is 0. The van der Waals surface area contributed by atoms with E-state index in [2.05, 4.69) is 27.7 Å². The molecule has 1 rings (SSSR count). The average molecular weight is 297 g/mol. The molecule has 122 valence electrons. The largest absolute Gasteiger partial charge is 0.481 e. The second-order valence-corrected chi connectivity index (χ2v) is 7.17. The zero-order chi connectivity index (χ0) is 16.0. The Morgan fingerprint density at radius 1 is 1.00 bits per heavy atom. The molecule has 0 bridgehead atoms. The fraction of sp³-hybridized carbons (Fsp3) is 0.882. The van der Waals surface area contributed by atoms with Crippen LogP contribution in [0, 0.1) is 23.7 Å². The van der Waals surface area contributed by atoms with Gasteiger partial charge in [-0.1, -0.05) is 34.1 Å². The topological polar surface area (TPSA) is 57.6 Å². The molecule has 0 aromatic rings. The highest BCUT2D eigenvalue weighted by Crippen LogP contribution is 2.33. The average Bonchev–Trinajstić information content (AvgIpc) is 2.86. The second-order valence-electron chi connectivity index (χ2n) is 7.17. The number of carboxylic acids is 1. The molecule has 0 aliphatic heterocycles. The van der Waals surface area contributed by atoms with Gasteiger partial charge in [0.1, 0.15) is 0 Å². The highest BCUT2D eigenvalue weighted by atomic mass is 16.4. The highest BCUT2D eigenvalue weighted by molar-refractivity contribution is 5.85. The van der Waals surface area contributed by atoms with Gasteiger partial charge in [-0.2, -0.15) is 0 Å². The molecule has 1 saturated carbocycles. The van der Waals surface area contributed by atoms with E-state index in [4.69, 9.17) is 0 Å². The van der Waals surface area contributed by atoms with E-state index in [-0.39, 0.29) is 11.8 Å². The van der Waals surface area contributed by atoms with Crippen molar-refractivity contribution in [2.45, 2.75) is 59.8 Å². The van der Waals surface area contributed by atoms with E-state index in [0.717, 1.165) is 38.8 Å². The quantitative estimate of drug-likeness (QED) is 0.747. The first kappa shape index (κ1) is 18.0. The molecule has 1 aliphatic rings. The van der Waals surface area contributed by atoms with E-state index in [1.165, 1.54) is 0 Å². The first-order valence-corrected chi connectivity index (χ1v) is 8.34. The van der Waals surface area contributed by atoms with Crippen molar-refractivity contribution < 1.29 is 14.7 Å². The molecule has 4 heteroatoms.